The Morgan fingerprint density at radius 1 is 1.18 bits per heavy atom. The van der Waals surface area contributed by atoms with Crippen molar-refractivity contribution in [1.29, 1.82) is 0 Å². The van der Waals surface area contributed by atoms with E-state index in [0.717, 1.165) is 5.56 Å². The Morgan fingerprint density at radius 2 is 2.00 bits per heavy atom. The highest BCUT2D eigenvalue weighted by atomic mass is 35.5. The van der Waals surface area contributed by atoms with Crippen LogP contribution in [0.5, 0.6) is 0 Å². The molecule has 22 heavy (non-hydrogen) atoms. The topological polar surface area (TPSA) is 59.8 Å². The quantitative estimate of drug-likeness (QED) is 0.804. The van der Waals surface area contributed by atoms with E-state index < -0.39 is 0 Å². The lowest BCUT2D eigenvalue weighted by Crippen LogP contribution is -2.13. The molecule has 0 aliphatic heterocycles. The van der Waals surface area contributed by atoms with Crippen molar-refractivity contribution in [2.24, 2.45) is 0 Å². The third kappa shape index (κ3) is 3.51. The van der Waals surface area contributed by atoms with E-state index in [1.807, 2.05) is 30.5 Å². The molecule has 3 aromatic rings. The lowest BCUT2D eigenvalue weighted by atomic mass is 10.2. The largest absolute Gasteiger partial charge is 0.305 e. The smallest absolute Gasteiger partial charge is 0.258 e. The second-order valence-electron chi connectivity index (χ2n) is 4.72. The molecule has 2 aromatic heterocycles. The summed E-state index contributed by atoms with van der Waals surface area (Å²) in [5.41, 5.74) is 1.58. The number of hydrogen-bond acceptors (Lipinski definition) is 3. The van der Waals surface area contributed by atoms with E-state index >= 15 is 0 Å². The minimum absolute atomic E-state index is 0.232. The Bertz CT molecular complexity index is 768. The number of rotatable bonds is 4. The van der Waals surface area contributed by atoms with Gasteiger partial charge in [0.2, 0.25) is 0 Å². The molecule has 0 aliphatic rings. The number of benzene rings is 1. The number of anilines is 1. The third-order valence-corrected chi connectivity index (χ3v) is 3.32. The highest BCUT2D eigenvalue weighted by Gasteiger charge is 2.07. The van der Waals surface area contributed by atoms with Gasteiger partial charge in [0, 0.05) is 29.7 Å². The van der Waals surface area contributed by atoms with Crippen molar-refractivity contribution in [2.75, 3.05) is 5.32 Å². The van der Waals surface area contributed by atoms with Gasteiger partial charge in [0.15, 0.2) is 5.82 Å². The molecule has 0 saturated carbocycles. The molecule has 2 heterocycles. The molecule has 0 atom stereocenters. The molecular formula is C16H13ClN4O. The molecule has 0 bridgehead atoms. The summed E-state index contributed by atoms with van der Waals surface area (Å²) in [5, 5.41) is 7.77. The summed E-state index contributed by atoms with van der Waals surface area (Å²) in [6.07, 6.45) is 4.95. The SMILES string of the molecule is O=C(Nc1ccn(Cc2ccc(Cl)cc2)n1)c1cccnc1. The van der Waals surface area contributed by atoms with Gasteiger partial charge in [-0.05, 0) is 29.8 Å². The highest BCUT2D eigenvalue weighted by molar-refractivity contribution is 6.30. The van der Waals surface area contributed by atoms with Crippen molar-refractivity contribution in [2.45, 2.75) is 6.54 Å². The van der Waals surface area contributed by atoms with Gasteiger partial charge in [-0.1, -0.05) is 23.7 Å². The first-order valence-electron chi connectivity index (χ1n) is 6.70. The maximum atomic E-state index is 12.0. The molecule has 0 fully saturated rings. The number of nitrogens with one attached hydrogen (secondary N) is 1. The summed E-state index contributed by atoms with van der Waals surface area (Å²) < 4.78 is 1.75. The van der Waals surface area contributed by atoms with Crippen molar-refractivity contribution in [3.8, 4) is 0 Å². The van der Waals surface area contributed by atoms with Crippen LogP contribution >= 0.6 is 11.6 Å². The maximum absolute atomic E-state index is 12.0. The fourth-order valence-corrected chi connectivity index (χ4v) is 2.10. The second kappa shape index (κ2) is 6.41. The zero-order valence-corrected chi connectivity index (χ0v) is 12.4. The molecule has 0 aliphatic carbocycles. The van der Waals surface area contributed by atoms with Gasteiger partial charge in [0.1, 0.15) is 0 Å². The minimum atomic E-state index is -0.232. The molecule has 1 amide bonds. The molecule has 0 unspecified atom stereocenters. The average Bonchev–Trinajstić information content (AvgIpc) is 2.97. The molecule has 3 rings (SSSR count). The summed E-state index contributed by atoms with van der Waals surface area (Å²) in [5.74, 6) is 0.271. The number of aromatic nitrogens is 3. The van der Waals surface area contributed by atoms with Gasteiger partial charge >= 0.3 is 0 Å². The van der Waals surface area contributed by atoms with Gasteiger partial charge in [-0.15, -0.1) is 0 Å². The van der Waals surface area contributed by atoms with E-state index in [9.17, 15) is 4.79 Å². The van der Waals surface area contributed by atoms with E-state index in [0.29, 0.717) is 22.9 Å². The van der Waals surface area contributed by atoms with E-state index in [2.05, 4.69) is 15.4 Å². The number of nitrogens with zero attached hydrogens (tertiary/aromatic N) is 3. The lowest BCUT2D eigenvalue weighted by molar-refractivity contribution is 0.102. The summed E-state index contributed by atoms with van der Waals surface area (Å²) >= 11 is 5.86. The van der Waals surface area contributed by atoms with Crippen molar-refractivity contribution < 1.29 is 4.79 Å². The predicted molar refractivity (Wildman–Crippen MR) is 85.0 cm³/mol. The fourth-order valence-electron chi connectivity index (χ4n) is 1.98. The van der Waals surface area contributed by atoms with E-state index in [-0.39, 0.29) is 5.91 Å². The van der Waals surface area contributed by atoms with Crippen LogP contribution in [0.2, 0.25) is 5.02 Å². The molecule has 1 aromatic carbocycles. The average molecular weight is 313 g/mol. The van der Waals surface area contributed by atoms with E-state index in [4.69, 9.17) is 11.6 Å². The Balaban J connectivity index is 1.66. The Labute approximate surface area is 132 Å². The molecular weight excluding hydrogens is 300 g/mol. The number of pyridine rings is 1. The number of carbonyl (C=O) groups excluding carboxylic acids is 1. The third-order valence-electron chi connectivity index (χ3n) is 3.06. The lowest BCUT2D eigenvalue weighted by Gasteiger charge is -2.03. The highest BCUT2D eigenvalue weighted by Crippen LogP contribution is 2.12. The molecule has 1 N–H and O–H groups in total. The number of halogens is 1. The van der Waals surface area contributed by atoms with Crippen LogP contribution in [0.1, 0.15) is 15.9 Å². The Kier molecular flexibility index (Phi) is 4.16. The van der Waals surface area contributed by atoms with Gasteiger partial charge in [-0.2, -0.15) is 5.10 Å². The number of carbonyl (C=O) groups is 1. The van der Waals surface area contributed by atoms with Gasteiger partial charge in [-0.3, -0.25) is 14.5 Å². The van der Waals surface area contributed by atoms with Gasteiger partial charge in [0.25, 0.3) is 5.91 Å². The molecule has 5 nitrogen and oxygen atoms in total. The van der Waals surface area contributed by atoms with Crippen LogP contribution in [0.4, 0.5) is 5.82 Å². The Morgan fingerprint density at radius 3 is 2.73 bits per heavy atom. The zero-order chi connectivity index (χ0) is 15.4. The van der Waals surface area contributed by atoms with Crippen LogP contribution < -0.4 is 5.32 Å². The van der Waals surface area contributed by atoms with Crippen LogP contribution in [0, 0.1) is 0 Å². The molecule has 0 radical (unpaired) electrons. The summed E-state index contributed by atoms with van der Waals surface area (Å²) in [4.78, 5) is 15.9. The van der Waals surface area contributed by atoms with Crippen molar-refractivity contribution in [3.63, 3.8) is 0 Å². The van der Waals surface area contributed by atoms with Crippen molar-refractivity contribution in [3.05, 3.63) is 77.2 Å². The number of hydrogen-bond donors (Lipinski definition) is 1. The van der Waals surface area contributed by atoms with Crippen molar-refractivity contribution in [1.82, 2.24) is 14.8 Å². The molecule has 0 saturated heterocycles. The standard InChI is InChI=1S/C16H13ClN4O/c17-14-5-3-12(4-6-14)11-21-9-7-15(20-21)19-16(22)13-2-1-8-18-10-13/h1-10H,11H2,(H,19,20,22). The first kappa shape index (κ1) is 14.3. The predicted octanol–water partition coefficient (Wildman–Crippen LogP) is 3.23. The molecule has 110 valence electrons. The van der Waals surface area contributed by atoms with Crippen LogP contribution in [0.25, 0.3) is 0 Å². The summed E-state index contributed by atoms with van der Waals surface area (Å²) in [6.45, 7) is 0.611. The molecule has 6 heteroatoms. The first-order valence-corrected chi connectivity index (χ1v) is 7.08. The minimum Gasteiger partial charge on any atom is -0.305 e. The van der Waals surface area contributed by atoms with Crippen LogP contribution in [0.3, 0.4) is 0 Å². The Hall–Kier alpha value is -2.66. The van der Waals surface area contributed by atoms with Gasteiger partial charge in [-0.25, -0.2) is 0 Å². The normalized spacial score (nSPS) is 10.4. The second-order valence-corrected chi connectivity index (χ2v) is 5.16. The van der Waals surface area contributed by atoms with E-state index in [1.165, 1.54) is 6.20 Å². The zero-order valence-electron chi connectivity index (χ0n) is 11.6. The fraction of sp³-hybridized carbons (Fsp3) is 0.0625. The van der Waals surface area contributed by atoms with Gasteiger partial charge < -0.3 is 5.32 Å². The van der Waals surface area contributed by atoms with Crippen LogP contribution in [0.15, 0.2) is 61.1 Å². The van der Waals surface area contributed by atoms with Crippen molar-refractivity contribution >= 4 is 23.3 Å². The van der Waals surface area contributed by atoms with Crippen LogP contribution in [-0.2, 0) is 6.54 Å². The maximum Gasteiger partial charge on any atom is 0.258 e. The molecule has 0 spiro atoms. The van der Waals surface area contributed by atoms with E-state index in [1.54, 1.807) is 29.1 Å². The first-order chi connectivity index (χ1) is 10.7. The summed E-state index contributed by atoms with van der Waals surface area (Å²) in [7, 11) is 0. The monoisotopic (exact) mass is 312 g/mol. The summed E-state index contributed by atoms with van der Waals surface area (Å²) in [6, 6.07) is 12.7. The number of amides is 1. The van der Waals surface area contributed by atoms with Gasteiger partial charge in [0.05, 0.1) is 12.1 Å². The van der Waals surface area contributed by atoms with Crippen LogP contribution in [-0.4, -0.2) is 20.7 Å².